The number of guanidine groups is 1. The van der Waals surface area contributed by atoms with Crippen LogP contribution in [0.5, 0.6) is 0 Å². The molecule has 0 aromatic heterocycles. The normalized spacial score (nSPS) is 25.2. The van der Waals surface area contributed by atoms with Crippen LogP contribution < -0.4 is 10.6 Å². The van der Waals surface area contributed by atoms with E-state index < -0.39 is 0 Å². The van der Waals surface area contributed by atoms with Crippen LogP contribution in [0.25, 0.3) is 0 Å². The van der Waals surface area contributed by atoms with Gasteiger partial charge >= 0.3 is 0 Å². The van der Waals surface area contributed by atoms with E-state index >= 15 is 0 Å². The molecule has 0 aromatic carbocycles. The maximum Gasteiger partial charge on any atom is 0.191 e. The minimum atomic E-state index is -0.112. The van der Waals surface area contributed by atoms with Crippen molar-refractivity contribution >= 4 is 5.96 Å². The van der Waals surface area contributed by atoms with Crippen LogP contribution >= 0.6 is 0 Å². The van der Waals surface area contributed by atoms with Crippen molar-refractivity contribution < 1.29 is 4.74 Å². The van der Waals surface area contributed by atoms with E-state index in [1.807, 2.05) is 0 Å². The minimum absolute atomic E-state index is 0.112. The molecule has 2 rings (SSSR count). The van der Waals surface area contributed by atoms with Crippen molar-refractivity contribution in [1.82, 2.24) is 10.6 Å². The smallest absolute Gasteiger partial charge is 0.191 e. The summed E-state index contributed by atoms with van der Waals surface area (Å²) in [5.74, 6) is 1.73. The Morgan fingerprint density at radius 2 is 2.25 bits per heavy atom. The lowest BCUT2D eigenvalue weighted by molar-refractivity contribution is -0.0191. The van der Waals surface area contributed by atoms with Crippen molar-refractivity contribution in [2.45, 2.75) is 45.3 Å². The second-order valence-electron chi connectivity index (χ2n) is 5.60. The Morgan fingerprint density at radius 1 is 1.50 bits per heavy atom. The highest BCUT2D eigenvalue weighted by molar-refractivity contribution is 5.81. The monoisotopic (exact) mass is 225 g/mol. The van der Waals surface area contributed by atoms with Crippen molar-refractivity contribution in [3.8, 4) is 0 Å². The molecule has 1 unspecified atom stereocenters. The molecule has 2 N–H and O–H groups in total. The maximum atomic E-state index is 5.89. The van der Waals surface area contributed by atoms with Crippen LogP contribution in [0.4, 0.5) is 0 Å². The first-order chi connectivity index (χ1) is 7.55. The molecule has 2 aliphatic rings. The molecule has 1 heterocycles. The van der Waals surface area contributed by atoms with Gasteiger partial charge in [-0.05, 0) is 39.5 Å². The molecule has 0 amide bonds. The first kappa shape index (κ1) is 11.7. The lowest BCUT2D eigenvalue weighted by Crippen LogP contribution is -2.45. The fraction of sp³-hybridized carbons (Fsp3) is 0.917. The second kappa shape index (κ2) is 4.62. The number of rotatable bonds is 5. The molecule has 0 aromatic rings. The van der Waals surface area contributed by atoms with Crippen molar-refractivity contribution in [3.05, 3.63) is 0 Å². The van der Waals surface area contributed by atoms with Gasteiger partial charge < -0.3 is 15.4 Å². The SMILES string of the molecule is CC1CN=C(NCC(C)(C)OCC2CC2)N1. The topological polar surface area (TPSA) is 45.7 Å². The molecule has 1 fully saturated rings. The zero-order valence-electron chi connectivity index (χ0n) is 10.5. The summed E-state index contributed by atoms with van der Waals surface area (Å²) in [6.45, 7) is 8.96. The zero-order chi connectivity index (χ0) is 11.6. The third-order valence-electron chi connectivity index (χ3n) is 2.99. The largest absolute Gasteiger partial charge is 0.373 e. The van der Waals surface area contributed by atoms with Gasteiger partial charge in [0.15, 0.2) is 5.96 Å². The Morgan fingerprint density at radius 3 is 2.81 bits per heavy atom. The lowest BCUT2D eigenvalue weighted by atomic mass is 10.1. The predicted molar refractivity (Wildman–Crippen MR) is 65.7 cm³/mol. The maximum absolute atomic E-state index is 5.89. The molecule has 1 aliphatic heterocycles. The van der Waals surface area contributed by atoms with Crippen molar-refractivity contribution in [3.63, 3.8) is 0 Å². The molecule has 0 saturated heterocycles. The Balaban J connectivity index is 1.66. The minimum Gasteiger partial charge on any atom is -0.373 e. The van der Waals surface area contributed by atoms with Gasteiger partial charge in [0.2, 0.25) is 0 Å². The molecule has 1 aliphatic carbocycles. The molecule has 1 saturated carbocycles. The number of aliphatic imine (C=N–C) groups is 1. The van der Waals surface area contributed by atoms with E-state index in [1.165, 1.54) is 12.8 Å². The van der Waals surface area contributed by atoms with E-state index in [1.54, 1.807) is 0 Å². The summed E-state index contributed by atoms with van der Waals surface area (Å²) in [7, 11) is 0. The number of ether oxygens (including phenoxy) is 1. The molecule has 0 spiro atoms. The summed E-state index contributed by atoms with van der Waals surface area (Å²) < 4.78 is 5.89. The molecule has 0 radical (unpaired) electrons. The van der Waals surface area contributed by atoms with Gasteiger partial charge in [-0.25, -0.2) is 0 Å². The quantitative estimate of drug-likeness (QED) is 0.737. The first-order valence-electron chi connectivity index (χ1n) is 6.24. The van der Waals surface area contributed by atoms with Gasteiger partial charge in [-0.2, -0.15) is 0 Å². The highest BCUT2D eigenvalue weighted by Crippen LogP contribution is 2.30. The van der Waals surface area contributed by atoms with Crippen LogP contribution in [0.1, 0.15) is 33.6 Å². The predicted octanol–water partition coefficient (Wildman–Crippen LogP) is 1.13. The van der Waals surface area contributed by atoms with E-state index in [-0.39, 0.29) is 5.60 Å². The molecular weight excluding hydrogens is 202 g/mol. The summed E-state index contributed by atoms with van der Waals surface area (Å²) in [5, 5.41) is 6.60. The van der Waals surface area contributed by atoms with Gasteiger partial charge in [-0.15, -0.1) is 0 Å². The summed E-state index contributed by atoms with van der Waals surface area (Å²) in [5.41, 5.74) is -0.112. The Labute approximate surface area is 97.9 Å². The summed E-state index contributed by atoms with van der Waals surface area (Å²) >= 11 is 0. The van der Waals surface area contributed by atoms with Crippen LogP contribution in [0.2, 0.25) is 0 Å². The van der Waals surface area contributed by atoms with Gasteiger partial charge in [0.1, 0.15) is 0 Å². The van der Waals surface area contributed by atoms with Crippen LogP contribution in [0, 0.1) is 5.92 Å². The molecule has 16 heavy (non-hydrogen) atoms. The van der Waals surface area contributed by atoms with Crippen molar-refractivity contribution in [2.75, 3.05) is 19.7 Å². The van der Waals surface area contributed by atoms with Crippen molar-refractivity contribution in [2.24, 2.45) is 10.9 Å². The Hall–Kier alpha value is -0.770. The summed E-state index contributed by atoms with van der Waals surface area (Å²) in [6.07, 6.45) is 2.69. The first-order valence-corrected chi connectivity index (χ1v) is 6.24. The number of nitrogens with one attached hydrogen (secondary N) is 2. The van der Waals surface area contributed by atoms with Crippen molar-refractivity contribution in [1.29, 1.82) is 0 Å². The summed E-state index contributed by atoms with van der Waals surface area (Å²) in [6, 6.07) is 0.456. The Kier molecular flexibility index (Phi) is 3.38. The summed E-state index contributed by atoms with van der Waals surface area (Å²) in [4.78, 5) is 4.37. The van der Waals surface area contributed by atoms with E-state index in [2.05, 4.69) is 36.4 Å². The average molecular weight is 225 g/mol. The lowest BCUT2D eigenvalue weighted by Gasteiger charge is -2.26. The van der Waals surface area contributed by atoms with E-state index in [9.17, 15) is 0 Å². The molecule has 1 atom stereocenters. The third kappa shape index (κ3) is 3.67. The average Bonchev–Trinajstić information content (AvgIpc) is 2.96. The number of hydrogen-bond acceptors (Lipinski definition) is 4. The molecule has 4 heteroatoms. The second-order valence-corrected chi connectivity index (χ2v) is 5.60. The van der Waals surface area contributed by atoms with Gasteiger partial charge in [-0.1, -0.05) is 0 Å². The molecular formula is C12H23N3O. The zero-order valence-corrected chi connectivity index (χ0v) is 10.5. The van der Waals surface area contributed by atoms with Crippen LogP contribution in [0.15, 0.2) is 4.99 Å². The number of nitrogens with zero attached hydrogens (tertiary/aromatic N) is 1. The van der Waals surface area contributed by atoms with Gasteiger partial charge in [0, 0.05) is 12.6 Å². The van der Waals surface area contributed by atoms with Crippen LogP contribution in [-0.2, 0) is 4.74 Å². The number of hydrogen-bond donors (Lipinski definition) is 2. The highest BCUT2D eigenvalue weighted by atomic mass is 16.5. The van der Waals surface area contributed by atoms with Gasteiger partial charge in [0.25, 0.3) is 0 Å². The van der Waals surface area contributed by atoms with Crippen LogP contribution in [0.3, 0.4) is 0 Å². The van der Waals surface area contributed by atoms with E-state index in [0.29, 0.717) is 6.04 Å². The standard InChI is InChI=1S/C12H23N3O/c1-9-6-13-11(15-9)14-8-12(2,3)16-7-10-4-5-10/h9-10H,4-8H2,1-3H3,(H2,13,14,15). The fourth-order valence-electron chi connectivity index (χ4n) is 1.64. The van der Waals surface area contributed by atoms with E-state index in [4.69, 9.17) is 4.74 Å². The third-order valence-corrected chi connectivity index (χ3v) is 2.99. The van der Waals surface area contributed by atoms with E-state index in [0.717, 1.165) is 31.6 Å². The van der Waals surface area contributed by atoms with Gasteiger partial charge in [0.05, 0.1) is 18.8 Å². The molecule has 4 nitrogen and oxygen atoms in total. The molecule has 0 bridgehead atoms. The van der Waals surface area contributed by atoms with Gasteiger partial charge in [-0.3, -0.25) is 4.99 Å². The Bertz CT molecular complexity index is 271. The fourth-order valence-corrected chi connectivity index (χ4v) is 1.64. The highest BCUT2D eigenvalue weighted by Gasteiger charge is 2.26. The molecule has 92 valence electrons. The van der Waals surface area contributed by atoms with Crippen LogP contribution in [-0.4, -0.2) is 37.3 Å².